The van der Waals surface area contributed by atoms with E-state index in [0.717, 1.165) is 5.69 Å². The van der Waals surface area contributed by atoms with Crippen LogP contribution in [0, 0.1) is 0 Å². The van der Waals surface area contributed by atoms with Gasteiger partial charge in [0.15, 0.2) is 0 Å². The number of benzene rings is 2. The number of anilines is 2. The van der Waals surface area contributed by atoms with Gasteiger partial charge in [0.05, 0.1) is 13.7 Å². The maximum atomic E-state index is 12.4. The highest BCUT2D eigenvalue weighted by Gasteiger charge is 2.15. The third-order valence-electron chi connectivity index (χ3n) is 3.73. The van der Waals surface area contributed by atoms with Crippen molar-refractivity contribution in [1.82, 2.24) is 4.90 Å². The predicted molar refractivity (Wildman–Crippen MR) is 99.4 cm³/mol. The Bertz CT molecular complexity index is 725. The topological polar surface area (TPSA) is 61.9 Å². The molecule has 6 nitrogen and oxygen atoms in total. The SMILES string of the molecule is COc1ccc(NC(=O)CN(C)C(=O)c2ccc(N(C)C)cc2)cc1. The first kappa shape index (κ1) is 18.3. The summed E-state index contributed by atoms with van der Waals surface area (Å²) in [5.41, 5.74) is 2.21. The quantitative estimate of drug-likeness (QED) is 0.877. The highest BCUT2D eigenvalue weighted by atomic mass is 16.5. The maximum Gasteiger partial charge on any atom is 0.254 e. The van der Waals surface area contributed by atoms with Crippen LogP contribution < -0.4 is 15.0 Å². The predicted octanol–water partition coefficient (Wildman–Crippen LogP) is 2.47. The second-order valence-electron chi connectivity index (χ2n) is 5.88. The van der Waals surface area contributed by atoms with Crippen molar-refractivity contribution in [2.45, 2.75) is 0 Å². The molecule has 0 bridgehead atoms. The monoisotopic (exact) mass is 341 g/mol. The van der Waals surface area contributed by atoms with E-state index in [4.69, 9.17) is 4.74 Å². The number of carbonyl (C=O) groups is 2. The van der Waals surface area contributed by atoms with Crippen LogP contribution in [0.4, 0.5) is 11.4 Å². The van der Waals surface area contributed by atoms with Crippen LogP contribution >= 0.6 is 0 Å². The normalized spacial score (nSPS) is 10.1. The molecule has 0 saturated heterocycles. The first-order valence-corrected chi connectivity index (χ1v) is 7.87. The zero-order valence-corrected chi connectivity index (χ0v) is 14.9. The third kappa shape index (κ3) is 4.97. The molecule has 2 amide bonds. The number of amides is 2. The van der Waals surface area contributed by atoms with Gasteiger partial charge in [0, 0.05) is 38.1 Å². The summed E-state index contributed by atoms with van der Waals surface area (Å²) in [5, 5.41) is 2.76. The molecular weight excluding hydrogens is 318 g/mol. The molecule has 25 heavy (non-hydrogen) atoms. The van der Waals surface area contributed by atoms with E-state index in [2.05, 4.69) is 5.32 Å². The van der Waals surface area contributed by atoms with Crippen molar-refractivity contribution in [3.05, 3.63) is 54.1 Å². The molecule has 0 aliphatic carbocycles. The van der Waals surface area contributed by atoms with Gasteiger partial charge >= 0.3 is 0 Å². The standard InChI is InChI=1S/C19H23N3O3/c1-21(2)16-9-5-14(6-10-16)19(24)22(3)13-18(23)20-15-7-11-17(25-4)12-8-15/h5-12H,13H2,1-4H3,(H,20,23). The van der Waals surface area contributed by atoms with Gasteiger partial charge in [-0.15, -0.1) is 0 Å². The zero-order chi connectivity index (χ0) is 18.4. The fourth-order valence-corrected chi connectivity index (χ4v) is 2.28. The lowest BCUT2D eigenvalue weighted by atomic mass is 10.2. The first-order valence-electron chi connectivity index (χ1n) is 7.87. The highest BCUT2D eigenvalue weighted by Crippen LogP contribution is 2.15. The summed E-state index contributed by atoms with van der Waals surface area (Å²) in [7, 11) is 7.06. The van der Waals surface area contributed by atoms with E-state index in [9.17, 15) is 9.59 Å². The van der Waals surface area contributed by atoms with Crippen LogP contribution in [0.15, 0.2) is 48.5 Å². The Kier molecular flexibility index (Phi) is 6.00. The average Bonchev–Trinajstić information content (AvgIpc) is 2.61. The molecule has 0 heterocycles. The molecule has 2 aromatic carbocycles. The van der Waals surface area contributed by atoms with Crippen molar-refractivity contribution < 1.29 is 14.3 Å². The molecule has 0 aromatic heterocycles. The molecule has 0 spiro atoms. The molecule has 0 aliphatic rings. The highest BCUT2D eigenvalue weighted by molar-refractivity contribution is 5.99. The van der Waals surface area contributed by atoms with Crippen molar-refractivity contribution in [3.8, 4) is 5.75 Å². The molecule has 6 heteroatoms. The minimum atomic E-state index is -0.258. The number of likely N-dealkylation sites (N-methyl/N-ethyl adjacent to an activating group) is 1. The van der Waals surface area contributed by atoms with Crippen molar-refractivity contribution in [2.75, 3.05) is 45.0 Å². The summed E-state index contributed by atoms with van der Waals surface area (Å²) >= 11 is 0. The largest absolute Gasteiger partial charge is 0.497 e. The van der Waals surface area contributed by atoms with Gasteiger partial charge in [-0.2, -0.15) is 0 Å². The smallest absolute Gasteiger partial charge is 0.254 e. The van der Waals surface area contributed by atoms with Gasteiger partial charge in [0.1, 0.15) is 5.75 Å². The molecule has 0 aliphatic heterocycles. The van der Waals surface area contributed by atoms with Crippen LogP contribution in [0.5, 0.6) is 5.75 Å². The number of hydrogen-bond donors (Lipinski definition) is 1. The summed E-state index contributed by atoms with van der Waals surface area (Å²) in [5.74, 6) is 0.257. The van der Waals surface area contributed by atoms with Gasteiger partial charge in [-0.1, -0.05) is 0 Å². The molecular formula is C19H23N3O3. The Morgan fingerprint density at radius 1 is 0.960 bits per heavy atom. The lowest BCUT2D eigenvalue weighted by molar-refractivity contribution is -0.116. The molecule has 0 unspecified atom stereocenters. The number of methoxy groups -OCH3 is 1. The number of hydrogen-bond acceptors (Lipinski definition) is 4. The minimum absolute atomic E-state index is 0.0275. The van der Waals surface area contributed by atoms with Gasteiger partial charge in [-0.3, -0.25) is 9.59 Å². The van der Waals surface area contributed by atoms with Gasteiger partial charge in [0.2, 0.25) is 5.91 Å². The Morgan fingerprint density at radius 3 is 2.08 bits per heavy atom. The number of ether oxygens (including phenoxy) is 1. The fraction of sp³-hybridized carbons (Fsp3) is 0.263. The van der Waals surface area contributed by atoms with E-state index in [1.165, 1.54) is 4.90 Å². The van der Waals surface area contributed by atoms with Crippen LogP contribution in [0.3, 0.4) is 0 Å². The van der Waals surface area contributed by atoms with E-state index < -0.39 is 0 Å². The average molecular weight is 341 g/mol. The van der Waals surface area contributed by atoms with Crippen LogP contribution in [0.25, 0.3) is 0 Å². The second-order valence-corrected chi connectivity index (χ2v) is 5.88. The molecule has 132 valence electrons. The van der Waals surface area contributed by atoms with Crippen LogP contribution in [0.1, 0.15) is 10.4 Å². The van der Waals surface area contributed by atoms with E-state index in [1.54, 1.807) is 50.6 Å². The maximum absolute atomic E-state index is 12.4. The Hall–Kier alpha value is -3.02. The van der Waals surface area contributed by atoms with Crippen molar-refractivity contribution in [1.29, 1.82) is 0 Å². The van der Waals surface area contributed by atoms with Crippen LogP contribution in [0.2, 0.25) is 0 Å². The molecule has 2 rings (SSSR count). The van der Waals surface area contributed by atoms with E-state index in [0.29, 0.717) is 17.0 Å². The number of carbonyl (C=O) groups excluding carboxylic acids is 2. The summed E-state index contributed by atoms with van der Waals surface area (Å²) < 4.78 is 5.07. The number of rotatable bonds is 6. The van der Waals surface area contributed by atoms with Crippen molar-refractivity contribution in [2.24, 2.45) is 0 Å². The van der Waals surface area contributed by atoms with Gasteiger partial charge < -0.3 is 19.9 Å². The third-order valence-corrected chi connectivity index (χ3v) is 3.73. The molecule has 2 aromatic rings. The van der Waals surface area contributed by atoms with Gasteiger partial charge in [-0.25, -0.2) is 0 Å². The van der Waals surface area contributed by atoms with E-state index in [-0.39, 0.29) is 18.4 Å². The summed E-state index contributed by atoms with van der Waals surface area (Å²) in [6.45, 7) is -0.0275. The molecule has 0 atom stereocenters. The number of nitrogens with one attached hydrogen (secondary N) is 1. The Labute approximate surface area is 148 Å². The molecule has 0 radical (unpaired) electrons. The van der Waals surface area contributed by atoms with Gasteiger partial charge in [-0.05, 0) is 48.5 Å². The van der Waals surface area contributed by atoms with Gasteiger partial charge in [0.25, 0.3) is 5.91 Å². The summed E-state index contributed by atoms with van der Waals surface area (Å²) in [4.78, 5) is 27.9. The summed E-state index contributed by atoms with van der Waals surface area (Å²) in [6, 6.07) is 14.3. The molecule has 0 saturated carbocycles. The Balaban J connectivity index is 1.94. The van der Waals surface area contributed by atoms with Crippen molar-refractivity contribution >= 4 is 23.2 Å². The lowest BCUT2D eigenvalue weighted by Gasteiger charge is -2.18. The van der Waals surface area contributed by atoms with E-state index in [1.807, 2.05) is 31.1 Å². The molecule has 0 fully saturated rings. The van der Waals surface area contributed by atoms with Crippen molar-refractivity contribution in [3.63, 3.8) is 0 Å². The van der Waals surface area contributed by atoms with E-state index >= 15 is 0 Å². The summed E-state index contributed by atoms with van der Waals surface area (Å²) in [6.07, 6.45) is 0. The minimum Gasteiger partial charge on any atom is -0.497 e. The van der Waals surface area contributed by atoms with Crippen LogP contribution in [-0.4, -0.2) is 51.5 Å². The zero-order valence-electron chi connectivity index (χ0n) is 14.9. The Morgan fingerprint density at radius 2 is 1.56 bits per heavy atom. The fourth-order valence-electron chi connectivity index (χ4n) is 2.28. The lowest BCUT2D eigenvalue weighted by Crippen LogP contribution is -2.34. The second kappa shape index (κ2) is 8.19. The van der Waals surface area contributed by atoms with Crippen LogP contribution in [-0.2, 0) is 4.79 Å². The molecule has 1 N–H and O–H groups in total. The first-order chi connectivity index (χ1) is 11.9. The number of nitrogens with zero attached hydrogens (tertiary/aromatic N) is 2.